The lowest BCUT2D eigenvalue weighted by molar-refractivity contribution is 0.0925. The predicted molar refractivity (Wildman–Crippen MR) is 76.4 cm³/mol. The fraction of sp³-hybridized carbons (Fsp3) is 0.500. The van der Waals surface area contributed by atoms with Crippen LogP contribution in [0.4, 0.5) is 0 Å². The van der Waals surface area contributed by atoms with E-state index in [-0.39, 0.29) is 18.3 Å². The van der Waals surface area contributed by atoms with E-state index in [1.54, 1.807) is 0 Å². The van der Waals surface area contributed by atoms with Crippen molar-refractivity contribution in [3.05, 3.63) is 35.4 Å². The van der Waals surface area contributed by atoms with Crippen molar-refractivity contribution >= 4 is 18.3 Å². The van der Waals surface area contributed by atoms with Gasteiger partial charge in [0.25, 0.3) is 5.91 Å². The number of benzene rings is 1. The number of hydrogen-bond donors (Lipinski definition) is 2. The molecule has 0 bridgehead atoms. The summed E-state index contributed by atoms with van der Waals surface area (Å²) in [6, 6.07) is 8.52. The minimum atomic E-state index is 0. The molecule has 1 heterocycles. The van der Waals surface area contributed by atoms with Crippen LogP contribution in [-0.4, -0.2) is 24.5 Å². The molecular formula is C14H21ClN2O. The van der Waals surface area contributed by atoms with Crippen LogP contribution in [0.1, 0.15) is 35.7 Å². The third kappa shape index (κ3) is 3.72. The van der Waals surface area contributed by atoms with Gasteiger partial charge < -0.3 is 10.6 Å². The molecule has 0 saturated carbocycles. The van der Waals surface area contributed by atoms with E-state index in [1.807, 2.05) is 31.2 Å². The lowest BCUT2D eigenvalue weighted by Gasteiger charge is -2.28. The predicted octanol–water partition coefficient (Wildman–Crippen LogP) is 2.29. The Balaban J connectivity index is 0.00000162. The highest BCUT2D eigenvalue weighted by atomic mass is 35.5. The maximum Gasteiger partial charge on any atom is 0.251 e. The molecule has 1 fully saturated rings. The fourth-order valence-electron chi connectivity index (χ4n) is 2.35. The van der Waals surface area contributed by atoms with Gasteiger partial charge >= 0.3 is 0 Å². The normalized spacial score (nSPS) is 23.0. The van der Waals surface area contributed by atoms with E-state index in [0.717, 1.165) is 30.5 Å². The molecule has 1 aromatic rings. The molecular weight excluding hydrogens is 248 g/mol. The van der Waals surface area contributed by atoms with Gasteiger partial charge in [0, 0.05) is 17.6 Å². The average molecular weight is 269 g/mol. The van der Waals surface area contributed by atoms with E-state index in [1.165, 1.54) is 0 Å². The summed E-state index contributed by atoms with van der Waals surface area (Å²) < 4.78 is 0. The number of carbonyl (C=O) groups is 1. The molecule has 1 aromatic carbocycles. The largest absolute Gasteiger partial charge is 0.349 e. The molecule has 2 rings (SSSR count). The van der Waals surface area contributed by atoms with Crippen molar-refractivity contribution in [2.45, 2.75) is 38.8 Å². The van der Waals surface area contributed by atoms with Crippen molar-refractivity contribution < 1.29 is 4.79 Å². The van der Waals surface area contributed by atoms with Crippen LogP contribution in [0.25, 0.3) is 0 Å². The topological polar surface area (TPSA) is 41.1 Å². The SMILES string of the molecule is Cc1ccccc1C(=O)NC1CCNC(C)C1.Cl. The van der Waals surface area contributed by atoms with Crippen LogP contribution in [-0.2, 0) is 0 Å². The first-order valence-corrected chi connectivity index (χ1v) is 6.26. The van der Waals surface area contributed by atoms with Crippen LogP contribution in [0.15, 0.2) is 24.3 Å². The molecule has 18 heavy (non-hydrogen) atoms. The molecule has 100 valence electrons. The van der Waals surface area contributed by atoms with E-state index in [9.17, 15) is 4.79 Å². The smallest absolute Gasteiger partial charge is 0.251 e. The van der Waals surface area contributed by atoms with Crippen molar-refractivity contribution in [1.82, 2.24) is 10.6 Å². The Morgan fingerprint density at radius 3 is 2.78 bits per heavy atom. The Bertz CT molecular complexity index is 409. The molecule has 3 nitrogen and oxygen atoms in total. The zero-order valence-electron chi connectivity index (χ0n) is 10.9. The first-order valence-electron chi connectivity index (χ1n) is 6.26. The summed E-state index contributed by atoms with van der Waals surface area (Å²) in [4.78, 5) is 12.1. The van der Waals surface area contributed by atoms with Gasteiger partial charge in [0.2, 0.25) is 0 Å². The first kappa shape index (κ1) is 15.0. The second kappa shape index (κ2) is 6.76. The van der Waals surface area contributed by atoms with Crippen LogP contribution in [0.5, 0.6) is 0 Å². The molecule has 1 aliphatic heterocycles. The van der Waals surface area contributed by atoms with Crippen LogP contribution < -0.4 is 10.6 Å². The molecule has 0 aromatic heterocycles. The molecule has 1 aliphatic rings. The molecule has 2 unspecified atom stereocenters. The number of rotatable bonds is 2. The average Bonchev–Trinajstić information content (AvgIpc) is 2.29. The molecule has 1 saturated heterocycles. The van der Waals surface area contributed by atoms with Crippen molar-refractivity contribution in [1.29, 1.82) is 0 Å². The van der Waals surface area contributed by atoms with Crippen LogP contribution in [0.2, 0.25) is 0 Å². The van der Waals surface area contributed by atoms with Gasteiger partial charge in [-0.2, -0.15) is 0 Å². The van der Waals surface area contributed by atoms with Crippen molar-refractivity contribution in [2.24, 2.45) is 0 Å². The minimum absolute atomic E-state index is 0. The highest BCUT2D eigenvalue weighted by molar-refractivity contribution is 5.95. The van der Waals surface area contributed by atoms with E-state index < -0.39 is 0 Å². The third-order valence-electron chi connectivity index (χ3n) is 3.35. The van der Waals surface area contributed by atoms with Crippen LogP contribution >= 0.6 is 12.4 Å². The zero-order chi connectivity index (χ0) is 12.3. The lowest BCUT2D eigenvalue weighted by Crippen LogP contribution is -2.46. The molecule has 4 heteroatoms. The van der Waals surface area contributed by atoms with E-state index >= 15 is 0 Å². The maximum absolute atomic E-state index is 12.1. The Hall–Kier alpha value is -1.06. The van der Waals surface area contributed by atoms with Gasteiger partial charge in [0.05, 0.1) is 0 Å². The summed E-state index contributed by atoms with van der Waals surface area (Å²) in [5.74, 6) is 0.0576. The first-order chi connectivity index (χ1) is 8.16. The summed E-state index contributed by atoms with van der Waals surface area (Å²) in [5, 5.41) is 6.51. The highest BCUT2D eigenvalue weighted by Crippen LogP contribution is 2.11. The van der Waals surface area contributed by atoms with Crippen molar-refractivity contribution in [3.8, 4) is 0 Å². The van der Waals surface area contributed by atoms with E-state index in [4.69, 9.17) is 0 Å². The van der Waals surface area contributed by atoms with Gasteiger partial charge in [-0.15, -0.1) is 12.4 Å². The standard InChI is InChI=1S/C14H20N2O.ClH/c1-10-5-3-4-6-13(10)14(17)16-12-7-8-15-11(2)9-12;/h3-6,11-12,15H,7-9H2,1-2H3,(H,16,17);1H. The molecule has 1 amide bonds. The van der Waals surface area contributed by atoms with Gasteiger partial charge in [-0.05, 0) is 44.9 Å². The molecule has 2 N–H and O–H groups in total. The number of aryl methyl sites for hydroxylation is 1. The Kier molecular flexibility index (Phi) is 5.63. The molecule has 0 spiro atoms. The monoisotopic (exact) mass is 268 g/mol. The van der Waals surface area contributed by atoms with Gasteiger partial charge in [0.1, 0.15) is 0 Å². The highest BCUT2D eigenvalue weighted by Gasteiger charge is 2.20. The Morgan fingerprint density at radius 2 is 2.11 bits per heavy atom. The van der Waals surface area contributed by atoms with Gasteiger partial charge in [-0.25, -0.2) is 0 Å². The summed E-state index contributed by atoms with van der Waals surface area (Å²) in [5.41, 5.74) is 1.82. The molecule has 0 aliphatic carbocycles. The van der Waals surface area contributed by atoms with E-state index in [2.05, 4.69) is 17.6 Å². The fourth-order valence-corrected chi connectivity index (χ4v) is 2.35. The Labute approximate surface area is 115 Å². The Morgan fingerprint density at radius 1 is 1.39 bits per heavy atom. The quantitative estimate of drug-likeness (QED) is 0.864. The number of nitrogens with one attached hydrogen (secondary N) is 2. The summed E-state index contributed by atoms with van der Waals surface area (Å²) in [6.07, 6.45) is 2.03. The summed E-state index contributed by atoms with van der Waals surface area (Å²) >= 11 is 0. The van der Waals surface area contributed by atoms with E-state index in [0.29, 0.717) is 12.1 Å². The maximum atomic E-state index is 12.1. The third-order valence-corrected chi connectivity index (χ3v) is 3.35. The van der Waals surface area contributed by atoms with Gasteiger partial charge in [0.15, 0.2) is 0 Å². The second-order valence-electron chi connectivity index (χ2n) is 4.86. The number of halogens is 1. The van der Waals surface area contributed by atoms with Crippen molar-refractivity contribution in [3.63, 3.8) is 0 Å². The molecule has 0 radical (unpaired) electrons. The summed E-state index contributed by atoms with van der Waals surface area (Å²) in [6.45, 7) is 5.12. The number of hydrogen-bond acceptors (Lipinski definition) is 2. The number of carbonyl (C=O) groups excluding carboxylic acids is 1. The van der Waals surface area contributed by atoms with Gasteiger partial charge in [-0.1, -0.05) is 18.2 Å². The summed E-state index contributed by atoms with van der Waals surface area (Å²) in [7, 11) is 0. The van der Waals surface area contributed by atoms with Crippen LogP contribution in [0.3, 0.4) is 0 Å². The number of amides is 1. The van der Waals surface area contributed by atoms with Gasteiger partial charge in [-0.3, -0.25) is 4.79 Å². The second-order valence-corrected chi connectivity index (χ2v) is 4.86. The van der Waals surface area contributed by atoms with Crippen molar-refractivity contribution in [2.75, 3.05) is 6.54 Å². The zero-order valence-corrected chi connectivity index (χ0v) is 11.7. The van der Waals surface area contributed by atoms with Crippen LogP contribution in [0, 0.1) is 6.92 Å². The lowest BCUT2D eigenvalue weighted by atomic mass is 9.99. The minimum Gasteiger partial charge on any atom is -0.349 e. The number of piperidine rings is 1. The molecule has 2 atom stereocenters.